The van der Waals surface area contributed by atoms with E-state index >= 15 is 0 Å². The average Bonchev–Trinajstić information content (AvgIpc) is 3.21. The fourth-order valence-corrected chi connectivity index (χ4v) is 6.09. The zero-order chi connectivity index (χ0) is 34.1. The number of benzene rings is 4. The predicted molar refractivity (Wildman–Crippen MR) is 198 cm³/mol. The summed E-state index contributed by atoms with van der Waals surface area (Å²) in [5.41, 5.74) is 13.1. The summed E-state index contributed by atoms with van der Waals surface area (Å²) < 4.78 is 0. The van der Waals surface area contributed by atoms with E-state index in [9.17, 15) is 0 Å². The zero-order valence-corrected chi connectivity index (χ0v) is 29.1. The summed E-state index contributed by atoms with van der Waals surface area (Å²) >= 11 is 0. The Balaban J connectivity index is 0.000000116. The van der Waals surface area contributed by atoms with Crippen LogP contribution >= 0.6 is 0 Å². The molecule has 0 saturated heterocycles. The fraction of sp³-hybridized carbons (Fsp3) is 0.0256. The molecule has 0 saturated carbocycles. The first-order valence-corrected chi connectivity index (χ1v) is 16.0. The maximum absolute atomic E-state index is 4.93. The maximum Gasteiger partial charge on any atom is 0.116 e. The van der Waals surface area contributed by atoms with Crippen LogP contribution in [0.15, 0.2) is 129 Å². The SMILES string of the molecule is Cc1cccc2nc3c4cccnc4c4ncccc4c3nc12.[Ru].c1cnc2c(ccc3nccnc32)n1.c1cnc2c(ccc3nccnc32)n1. The van der Waals surface area contributed by atoms with Crippen LogP contribution in [-0.4, -0.2) is 59.8 Å². The van der Waals surface area contributed by atoms with Crippen molar-refractivity contribution in [2.24, 2.45) is 0 Å². The number of pyridine rings is 2. The quantitative estimate of drug-likeness (QED) is 0.0863. The van der Waals surface area contributed by atoms with Crippen LogP contribution in [0.1, 0.15) is 5.56 Å². The third-order valence-corrected chi connectivity index (χ3v) is 8.40. The maximum atomic E-state index is 4.93. The van der Waals surface area contributed by atoms with Crippen LogP contribution in [0.3, 0.4) is 0 Å². The van der Waals surface area contributed by atoms with Crippen LogP contribution < -0.4 is 0 Å². The van der Waals surface area contributed by atoms with E-state index in [1.807, 2.05) is 60.7 Å². The standard InChI is InChI=1S/C19H12N4.2C10H6N4.Ru/c1-11-5-2-8-14-15(11)23-19-13-7-4-10-21-17(13)16-12(18(19)22-14)6-3-9-20-16;2*1-2-8-10(14-6-4-12-8)9-7(1)11-3-5-13-9;/h2-10H,1H3;2*1-6H;. The number of aryl methyl sites for hydroxylation is 1. The molecule has 0 fully saturated rings. The first kappa shape index (κ1) is 32.5. The van der Waals surface area contributed by atoms with E-state index in [1.165, 1.54) is 0 Å². The first-order chi connectivity index (χ1) is 25.2. The van der Waals surface area contributed by atoms with Gasteiger partial charge < -0.3 is 0 Å². The van der Waals surface area contributed by atoms with Gasteiger partial charge in [-0.25, -0.2) is 9.97 Å². The van der Waals surface area contributed by atoms with Crippen LogP contribution in [0.4, 0.5) is 0 Å². The van der Waals surface area contributed by atoms with Crippen molar-refractivity contribution < 1.29 is 19.5 Å². The predicted octanol–water partition coefficient (Wildman–Crippen LogP) is 7.33. The van der Waals surface area contributed by atoms with Gasteiger partial charge in [0.2, 0.25) is 0 Å². The number of hydrogen-bond donors (Lipinski definition) is 0. The van der Waals surface area contributed by atoms with Gasteiger partial charge in [0.05, 0.1) is 55.2 Å². The first-order valence-electron chi connectivity index (χ1n) is 16.0. The topological polar surface area (TPSA) is 155 Å². The molecule has 52 heavy (non-hydrogen) atoms. The van der Waals surface area contributed by atoms with E-state index in [2.05, 4.69) is 62.8 Å². The number of para-hydroxylation sites is 1. The van der Waals surface area contributed by atoms with Crippen molar-refractivity contribution in [1.29, 1.82) is 0 Å². The summed E-state index contributed by atoms with van der Waals surface area (Å²) in [5.74, 6) is 0. The van der Waals surface area contributed by atoms with Gasteiger partial charge in [0.25, 0.3) is 0 Å². The van der Waals surface area contributed by atoms with Crippen LogP contribution in [0, 0.1) is 6.92 Å². The molecule has 0 spiro atoms. The van der Waals surface area contributed by atoms with Gasteiger partial charge >= 0.3 is 0 Å². The Hall–Kier alpha value is -6.72. The Kier molecular flexibility index (Phi) is 8.68. The molecule has 4 aromatic carbocycles. The van der Waals surface area contributed by atoms with E-state index < -0.39 is 0 Å². The smallest absolute Gasteiger partial charge is 0.116 e. The van der Waals surface area contributed by atoms with Gasteiger partial charge in [0, 0.05) is 92.2 Å². The molecule has 0 aliphatic rings. The monoisotopic (exact) mass is 762 g/mol. The van der Waals surface area contributed by atoms with Gasteiger partial charge in [0.1, 0.15) is 22.1 Å². The van der Waals surface area contributed by atoms with E-state index in [4.69, 9.17) is 9.97 Å². The number of nitrogens with zero attached hydrogens (tertiary/aromatic N) is 12. The second-order valence-corrected chi connectivity index (χ2v) is 11.5. The van der Waals surface area contributed by atoms with Gasteiger partial charge in [-0.3, -0.25) is 49.8 Å². The fourth-order valence-electron chi connectivity index (χ4n) is 6.09. The Morgan fingerprint density at radius 3 is 1.12 bits per heavy atom. The van der Waals surface area contributed by atoms with E-state index in [0.29, 0.717) is 0 Å². The third-order valence-electron chi connectivity index (χ3n) is 8.40. The largest absolute Gasteiger partial charge is 0.254 e. The minimum absolute atomic E-state index is 0. The van der Waals surface area contributed by atoms with Crippen molar-refractivity contribution in [2.45, 2.75) is 6.92 Å². The number of fused-ring (bicyclic) bond motifs is 13. The van der Waals surface area contributed by atoms with Gasteiger partial charge in [-0.2, -0.15) is 0 Å². The summed E-state index contributed by atoms with van der Waals surface area (Å²) in [7, 11) is 0. The van der Waals surface area contributed by atoms with Crippen molar-refractivity contribution in [3.63, 3.8) is 0 Å². The molecule has 0 atom stereocenters. The summed E-state index contributed by atoms with van der Waals surface area (Å²) in [4.78, 5) is 52.7. The van der Waals surface area contributed by atoms with E-state index in [0.717, 1.165) is 93.6 Å². The van der Waals surface area contributed by atoms with Crippen molar-refractivity contribution in [1.82, 2.24) is 59.8 Å². The minimum atomic E-state index is 0. The molecule has 0 aliphatic carbocycles. The molecule has 0 unspecified atom stereocenters. The second-order valence-electron chi connectivity index (χ2n) is 11.5. The van der Waals surface area contributed by atoms with E-state index in [1.54, 1.807) is 62.0 Å². The van der Waals surface area contributed by atoms with Gasteiger partial charge in [-0.05, 0) is 67.1 Å². The second kappa shape index (κ2) is 13.9. The van der Waals surface area contributed by atoms with Gasteiger partial charge in [0.15, 0.2) is 0 Å². The number of rotatable bonds is 0. The third kappa shape index (κ3) is 5.82. The van der Waals surface area contributed by atoms with Crippen molar-refractivity contribution >= 4 is 88.0 Å². The molecular weight excluding hydrogens is 738 g/mol. The van der Waals surface area contributed by atoms with Crippen LogP contribution in [0.2, 0.25) is 0 Å². The summed E-state index contributed by atoms with van der Waals surface area (Å²) in [6.07, 6.45) is 16.9. The molecule has 0 N–H and O–H groups in total. The zero-order valence-electron chi connectivity index (χ0n) is 27.3. The minimum Gasteiger partial charge on any atom is -0.254 e. The van der Waals surface area contributed by atoms with Crippen molar-refractivity contribution in [3.05, 3.63) is 134 Å². The molecular formula is C39H24N12Ru. The molecule has 0 aliphatic heterocycles. The molecule has 7 aromatic heterocycles. The molecule has 12 nitrogen and oxygen atoms in total. The molecule has 0 bridgehead atoms. The van der Waals surface area contributed by atoms with E-state index in [-0.39, 0.29) is 19.5 Å². The van der Waals surface area contributed by atoms with Crippen LogP contribution in [-0.2, 0) is 19.5 Å². The van der Waals surface area contributed by atoms with Gasteiger partial charge in [-0.1, -0.05) is 12.1 Å². The van der Waals surface area contributed by atoms with Crippen LogP contribution in [0.5, 0.6) is 0 Å². The Bertz CT molecular complexity index is 2870. The van der Waals surface area contributed by atoms with Crippen LogP contribution in [0.25, 0.3) is 88.0 Å². The van der Waals surface area contributed by atoms with Crippen molar-refractivity contribution in [2.75, 3.05) is 0 Å². The molecule has 7 heterocycles. The summed E-state index contributed by atoms with van der Waals surface area (Å²) in [6.45, 7) is 2.06. The molecule has 11 aromatic rings. The normalized spacial score (nSPS) is 11.0. The molecule has 0 radical (unpaired) electrons. The molecule has 11 rings (SSSR count). The Morgan fingerprint density at radius 2 is 0.673 bits per heavy atom. The molecule has 0 amide bonds. The van der Waals surface area contributed by atoms with Gasteiger partial charge in [-0.15, -0.1) is 0 Å². The number of aromatic nitrogens is 12. The molecule has 13 heteroatoms. The average molecular weight is 762 g/mol. The number of hydrogen-bond acceptors (Lipinski definition) is 12. The molecule has 248 valence electrons. The summed E-state index contributed by atoms with van der Waals surface area (Å²) in [5, 5.41) is 1.98. The van der Waals surface area contributed by atoms with Crippen molar-refractivity contribution in [3.8, 4) is 0 Å². The Labute approximate surface area is 307 Å². The summed E-state index contributed by atoms with van der Waals surface area (Å²) in [6, 6.07) is 21.6. The Morgan fingerprint density at radius 1 is 0.288 bits per heavy atom.